The summed E-state index contributed by atoms with van der Waals surface area (Å²) in [5.41, 5.74) is 0. The van der Waals surface area contributed by atoms with E-state index in [2.05, 4.69) is 20.5 Å². The second-order valence-electron chi connectivity index (χ2n) is 8.98. The van der Waals surface area contributed by atoms with E-state index in [1.165, 1.54) is 25.7 Å². The molecule has 0 bridgehead atoms. The molecule has 10 heteroatoms. The van der Waals surface area contributed by atoms with Gasteiger partial charge in [-0.25, -0.2) is 4.79 Å². The van der Waals surface area contributed by atoms with Crippen molar-refractivity contribution in [2.75, 3.05) is 25.6 Å². The molecule has 0 radical (unpaired) electrons. The van der Waals surface area contributed by atoms with Gasteiger partial charge in [0.1, 0.15) is 0 Å². The van der Waals surface area contributed by atoms with Gasteiger partial charge in [0.15, 0.2) is 0 Å². The fraction of sp³-hybridized carbons (Fsp3) is 0.909. The predicted molar refractivity (Wildman–Crippen MR) is 129 cm³/mol. The van der Waals surface area contributed by atoms with Crippen molar-refractivity contribution in [2.24, 2.45) is 0 Å². The smallest absolute Gasteiger partial charge is 0.356 e. The van der Waals surface area contributed by atoms with Gasteiger partial charge in [0, 0.05) is 30.6 Å². The number of thioether (sulfide) groups is 1. The Morgan fingerprint density at radius 3 is 2.41 bits per heavy atom. The Labute approximate surface area is 196 Å². The number of halogens is 1. The highest BCUT2D eigenvalue weighted by atomic mass is 32.2. The molecule has 0 aromatic heterocycles. The van der Waals surface area contributed by atoms with Crippen LogP contribution in [-0.2, 0) is 13.9 Å². The van der Waals surface area contributed by atoms with Gasteiger partial charge in [-0.05, 0) is 25.7 Å². The molecular weight excluding hydrogens is 452 g/mol. The van der Waals surface area contributed by atoms with Crippen molar-refractivity contribution in [3.63, 3.8) is 0 Å². The first kappa shape index (κ1) is 27.5. The van der Waals surface area contributed by atoms with Crippen molar-refractivity contribution in [3.05, 3.63) is 0 Å². The molecule has 7 nitrogen and oxygen atoms in total. The number of unbranched alkanes of at least 4 members (excludes halogenated alkanes) is 9. The highest BCUT2D eigenvalue weighted by Crippen LogP contribution is 2.43. The number of rotatable bonds is 18. The predicted octanol–water partition coefficient (Wildman–Crippen LogP) is 5.15. The lowest BCUT2D eigenvalue weighted by atomic mass is 10.0. The summed E-state index contributed by atoms with van der Waals surface area (Å²) in [6.07, 6.45) is 13.3. The molecule has 0 saturated carbocycles. The lowest BCUT2D eigenvalue weighted by Crippen LogP contribution is -2.36. The molecule has 4 unspecified atom stereocenters. The molecule has 2 rings (SSSR count). The lowest BCUT2D eigenvalue weighted by molar-refractivity contribution is -0.121. The Morgan fingerprint density at radius 2 is 1.72 bits per heavy atom. The number of hydrogen-bond donors (Lipinski definition) is 3. The van der Waals surface area contributed by atoms with Gasteiger partial charge in [-0.1, -0.05) is 51.4 Å². The molecular formula is C22H41FN3O4PS. The third kappa shape index (κ3) is 11.9. The average molecular weight is 494 g/mol. The molecule has 0 aromatic rings. The summed E-state index contributed by atoms with van der Waals surface area (Å²) in [5.74, 6) is 1.13. The van der Waals surface area contributed by atoms with Gasteiger partial charge in [-0.15, -0.1) is 0 Å². The Hall–Kier alpha value is -0.790. The zero-order chi connectivity index (χ0) is 23.2. The van der Waals surface area contributed by atoms with E-state index in [0.717, 1.165) is 70.3 Å². The van der Waals surface area contributed by atoms with E-state index in [0.29, 0.717) is 11.7 Å². The number of nitrogens with one attached hydrogen (secondary N) is 3. The molecule has 3 N–H and O–H groups in total. The third-order valence-corrected chi connectivity index (χ3v) is 8.20. The molecule has 2 aliphatic rings. The van der Waals surface area contributed by atoms with Gasteiger partial charge >= 0.3 is 13.7 Å². The van der Waals surface area contributed by atoms with Crippen LogP contribution < -0.4 is 16.0 Å². The number of urea groups is 1. The standard InChI is InChI=1S/C22H41FN3O4PS/c1-31(23,29)30-16-12-8-6-4-2-3-5-7-11-15-24-20(27)14-10-9-13-19-21-18(17-32-19)25-22(28)26-21/h18-19,21H,2-17H2,1H3,(H,24,27)(H2,25,26,28). The number of amides is 3. The van der Waals surface area contributed by atoms with Gasteiger partial charge in [-0.3, -0.25) is 9.36 Å². The van der Waals surface area contributed by atoms with Crippen molar-refractivity contribution >= 4 is 31.4 Å². The molecule has 4 atom stereocenters. The largest absolute Gasteiger partial charge is 0.364 e. The summed E-state index contributed by atoms with van der Waals surface area (Å²) in [6.45, 7) is 2.00. The molecule has 2 heterocycles. The minimum absolute atomic E-state index is 0.0439. The molecule has 2 aliphatic heterocycles. The Bertz CT molecular complexity index is 622. The van der Waals surface area contributed by atoms with Crippen LogP contribution in [0.15, 0.2) is 0 Å². The van der Waals surface area contributed by atoms with Crippen LogP contribution >= 0.6 is 19.4 Å². The molecule has 186 valence electrons. The van der Waals surface area contributed by atoms with Crippen molar-refractivity contribution in [2.45, 2.75) is 101 Å². The van der Waals surface area contributed by atoms with Crippen molar-refractivity contribution in [1.29, 1.82) is 0 Å². The number of hydrogen-bond acceptors (Lipinski definition) is 5. The Kier molecular flexibility index (Phi) is 13.0. The van der Waals surface area contributed by atoms with Crippen LogP contribution in [0.1, 0.15) is 83.5 Å². The topological polar surface area (TPSA) is 96.5 Å². The average Bonchev–Trinajstić information content (AvgIpc) is 3.27. The SMILES string of the molecule is CP(=O)(F)OCCCCCCCCCCCNC(=O)CCCCC1SCC2NC(=O)NC21. The molecule has 32 heavy (non-hydrogen) atoms. The van der Waals surface area contributed by atoms with Crippen LogP contribution in [0.5, 0.6) is 0 Å². The second-order valence-corrected chi connectivity index (χ2v) is 12.0. The van der Waals surface area contributed by atoms with E-state index in [1.807, 2.05) is 11.8 Å². The number of carbonyl (C=O) groups is 2. The van der Waals surface area contributed by atoms with E-state index in [9.17, 15) is 18.4 Å². The highest BCUT2D eigenvalue weighted by Gasteiger charge is 2.42. The number of carbonyl (C=O) groups excluding carboxylic acids is 2. The van der Waals surface area contributed by atoms with Crippen molar-refractivity contribution in [1.82, 2.24) is 16.0 Å². The second kappa shape index (κ2) is 15.2. The minimum atomic E-state index is -3.81. The highest BCUT2D eigenvalue weighted by molar-refractivity contribution is 8.00. The fourth-order valence-electron chi connectivity index (χ4n) is 4.28. The van der Waals surface area contributed by atoms with Gasteiger partial charge < -0.3 is 20.5 Å². The molecule has 0 aliphatic carbocycles. The quantitative estimate of drug-likeness (QED) is 0.139. The zero-order valence-electron chi connectivity index (χ0n) is 19.4. The van der Waals surface area contributed by atoms with Crippen molar-refractivity contribution < 1.29 is 22.9 Å². The zero-order valence-corrected chi connectivity index (χ0v) is 21.1. The molecule has 2 saturated heterocycles. The Morgan fingerprint density at radius 1 is 1.06 bits per heavy atom. The maximum Gasteiger partial charge on any atom is 0.364 e. The first-order valence-corrected chi connectivity index (χ1v) is 15.2. The van der Waals surface area contributed by atoms with Gasteiger partial charge in [0.2, 0.25) is 5.91 Å². The van der Waals surface area contributed by atoms with E-state index in [4.69, 9.17) is 0 Å². The third-order valence-electron chi connectivity index (χ3n) is 6.05. The minimum Gasteiger partial charge on any atom is -0.356 e. The van der Waals surface area contributed by atoms with E-state index >= 15 is 0 Å². The van der Waals surface area contributed by atoms with Crippen LogP contribution in [0.25, 0.3) is 0 Å². The number of fused-ring (bicyclic) bond motifs is 1. The van der Waals surface area contributed by atoms with Crippen molar-refractivity contribution in [3.8, 4) is 0 Å². The summed E-state index contributed by atoms with van der Waals surface area (Å²) < 4.78 is 28.1. The molecule has 3 amide bonds. The van der Waals surface area contributed by atoms with Gasteiger partial charge in [0.25, 0.3) is 0 Å². The molecule has 2 fully saturated rings. The summed E-state index contributed by atoms with van der Waals surface area (Å²) in [7, 11) is -3.81. The summed E-state index contributed by atoms with van der Waals surface area (Å²) in [6, 6.07) is 0.478. The van der Waals surface area contributed by atoms with Gasteiger partial charge in [-0.2, -0.15) is 16.0 Å². The van der Waals surface area contributed by atoms with Crippen LogP contribution in [0.2, 0.25) is 0 Å². The van der Waals surface area contributed by atoms with Crippen LogP contribution in [-0.4, -0.2) is 54.8 Å². The van der Waals surface area contributed by atoms with E-state index in [-0.39, 0.29) is 30.6 Å². The van der Waals surface area contributed by atoms with Crippen LogP contribution in [0.4, 0.5) is 8.99 Å². The molecule has 0 aromatic carbocycles. The Balaban J connectivity index is 1.30. The maximum absolute atomic E-state index is 12.7. The first-order chi connectivity index (χ1) is 15.3. The molecule has 0 spiro atoms. The van der Waals surface area contributed by atoms with Crippen LogP contribution in [0.3, 0.4) is 0 Å². The van der Waals surface area contributed by atoms with Crippen LogP contribution in [0, 0.1) is 0 Å². The van der Waals surface area contributed by atoms with E-state index in [1.54, 1.807) is 0 Å². The monoisotopic (exact) mass is 493 g/mol. The van der Waals surface area contributed by atoms with Gasteiger partial charge in [0.05, 0.1) is 18.7 Å². The fourth-order valence-corrected chi connectivity index (χ4v) is 6.28. The summed E-state index contributed by atoms with van der Waals surface area (Å²) in [5, 5.41) is 9.46. The summed E-state index contributed by atoms with van der Waals surface area (Å²) >= 11 is 1.92. The first-order valence-electron chi connectivity index (χ1n) is 12.2. The summed E-state index contributed by atoms with van der Waals surface area (Å²) in [4.78, 5) is 23.4. The maximum atomic E-state index is 12.7. The lowest BCUT2D eigenvalue weighted by Gasteiger charge is -2.16. The normalized spacial score (nSPS) is 23.9. The van der Waals surface area contributed by atoms with E-state index < -0.39 is 7.68 Å².